The summed E-state index contributed by atoms with van der Waals surface area (Å²) in [6.07, 6.45) is 0. The zero-order chi connectivity index (χ0) is 31.6. The minimum Gasteiger partial charge on any atom is -0.427 e. The summed E-state index contributed by atoms with van der Waals surface area (Å²) < 4.78 is 8.48. The summed E-state index contributed by atoms with van der Waals surface area (Å²) in [6, 6.07) is 41.1. The second kappa shape index (κ2) is 10.6. The van der Waals surface area contributed by atoms with Crippen LogP contribution in [0.1, 0.15) is 52.7 Å². The van der Waals surface area contributed by atoms with E-state index in [1.54, 1.807) is 13.8 Å². The first-order valence-electron chi connectivity index (χ1n) is 15.7. The van der Waals surface area contributed by atoms with Gasteiger partial charge in [-0.05, 0) is 97.5 Å². The summed E-state index contributed by atoms with van der Waals surface area (Å²) in [5.41, 5.74) is 11.1. The monoisotopic (exact) mass is 590 g/mol. The highest BCUT2D eigenvalue weighted by Gasteiger charge is 2.37. The van der Waals surface area contributed by atoms with Crippen molar-refractivity contribution in [2.75, 3.05) is 0 Å². The van der Waals surface area contributed by atoms with Crippen molar-refractivity contribution in [1.29, 1.82) is 0 Å². The van der Waals surface area contributed by atoms with Crippen LogP contribution in [0.25, 0.3) is 50.4 Å². The van der Waals surface area contributed by atoms with Gasteiger partial charge in [0.15, 0.2) is 0 Å². The largest absolute Gasteiger partial charge is 0.427 e. The molecular weight excluding hydrogens is 551 g/mol. The van der Waals surface area contributed by atoms with Gasteiger partial charge in [-0.15, -0.1) is 0 Å². The van der Waals surface area contributed by atoms with Crippen LogP contribution in [0, 0.1) is 0 Å². The third-order valence-electron chi connectivity index (χ3n) is 9.84. The van der Waals surface area contributed by atoms with Crippen molar-refractivity contribution >= 4 is 24.0 Å². The Hall–Kier alpha value is -4.45. The van der Waals surface area contributed by atoms with Crippen LogP contribution in [-0.4, -0.2) is 33.3 Å². The van der Waals surface area contributed by atoms with Crippen LogP contribution in [0.15, 0.2) is 115 Å². The second-order valence-electron chi connectivity index (χ2n) is 13.8. The smallest absolute Gasteiger partial charge is 0.309 e. The van der Waals surface area contributed by atoms with Crippen LogP contribution in [-0.2, 0) is 10.1 Å². The van der Waals surface area contributed by atoms with E-state index in [9.17, 15) is 5.11 Å². The number of para-hydroxylation sites is 3. The van der Waals surface area contributed by atoms with Gasteiger partial charge in [0.1, 0.15) is 5.82 Å². The number of hydrogen-bond donors (Lipinski definition) is 1. The van der Waals surface area contributed by atoms with Gasteiger partial charge in [0, 0.05) is 16.7 Å². The lowest BCUT2D eigenvalue weighted by molar-refractivity contribution is -0.0893. The van der Waals surface area contributed by atoms with Crippen LogP contribution in [0.5, 0.6) is 0 Å². The Kier molecular flexibility index (Phi) is 6.88. The molecule has 1 aliphatic rings. The molecule has 1 aromatic heterocycles. The molecule has 0 spiro atoms. The van der Waals surface area contributed by atoms with Crippen molar-refractivity contribution in [2.45, 2.75) is 58.2 Å². The molecule has 0 amide bonds. The molecule has 1 N–H and O–H groups in total. The van der Waals surface area contributed by atoms with E-state index >= 15 is 0 Å². The first-order valence-corrected chi connectivity index (χ1v) is 15.7. The Bertz CT molecular complexity index is 2050. The van der Waals surface area contributed by atoms with Gasteiger partial charge >= 0.3 is 7.48 Å². The van der Waals surface area contributed by atoms with Crippen molar-refractivity contribution in [1.82, 2.24) is 9.55 Å². The lowest BCUT2D eigenvalue weighted by Gasteiger charge is -2.37. The van der Waals surface area contributed by atoms with E-state index in [1.165, 1.54) is 27.8 Å². The second-order valence-corrected chi connectivity index (χ2v) is 13.8. The maximum Gasteiger partial charge on any atom is 0.309 e. The van der Waals surface area contributed by atoms with E-state index < -0.39 is 11.2 Å². The van der Waals surface area contributed by atoms with E-state index in [4.69, 9.17) is 9.64 Å². The number of aromatic nitrogens is 2. The molecule has 4 nitrogen and oxygen atoms in total. The summed E-state index contributed by atoms with van der Waals surface area (Å²) in [4.78, 5) is 5.10. The Labute approximate surface area is 266 Å². The first kappa shape index (κ1) is 29.3. The van der Waals surface area contributed by atoms with Crippen molar-refractivity contribution in [2.24, 2.45) is 0 Å². The fraction of sp³-hybridized carbons (Fsp3) is 0.225. The summed E-state index contributed by atoms with van der Waals surface area (Å²) in [5.74, 6) is 0.926. The molecule has 5 heteroatoms. The maximum atomic E-state index is 10.6. The predicted octanol–water partition coefficient (Wildman–Crippen LogP) is 8.21. The van der Waals surface area contributed by atoms with Crippen LogP contribution in [0.3, 0.4) is 0 Å². The molecule has 45 heavy (non-hydrogen) atoms. The topological polar surface area (TPSA) is 47.3 Å². The summed E-state index contributed by atoms with van der Waals surface area (Å²) in [6.45, 7) is 12.1. The standard InChI is InChI=1S/C40H39BN2O2/c1-38(2)33-21-19-27(24-31(33)32-25-29(20-22-34(32)38)41-45-40(5,6)39(3,4)44)26-13-12-14-28(23-26)37-42-35-17-10-11-18-36(35)43(37)30-15-8-7-9-16-30/h7-25,41,44H,1-6H3. The number of fused-ring (bicyclic) bond motifs is 4. The van der Waals surface area contributed by atoms with Crippen LogP contribution >= 0.6 is 0 Å². The van der Waals surface area contributed by atoms with E-state index in [-0.39, 0.29) is 5.41 Å². The van der Waals surface area contributed by atoms with Crippen molar-refractivity contribution in [3.05, 3.63) is 126 Å². The summed E-state index contributed by atoms with van der Waals surface area (Å²) in [5, 5.41) is 10.6. The van der Waals surface area contributed by atoms with Crippen LogP contribution in [0.2, 0.25) is 0 Å². The van der Waals surface area contributed by atoms with Gasteiger partial charge in [0.05, 0.1) is 22.2 Å². The molecule has 224 valence electrons. The lowest BCUT2D eigenvalue weighted by Crippen LogP contribution is -2.49. The fourth-order valence-electron chi connectivity index (χ4n) is 6.42. The average molecular weight is 591 g/mol. The van der Waals surface area contributed by atoms with Gasteiger partial charge in [-0.2, -0.15) is 0 Å². The Morgan fingerprint density at radius 3 is 2.09 bits per heavy atom. The predicted molar refractivity (Wildman–Crippen MR) is 188 cm³/mol. The molecule has 0 saturated heterocycles. The molecule has 5 aromatic carbocycles. The molecule has 6 aromatic rings. The zero-order valence-corrected chi connectivity index (χ0v) is 26.9. The number of rotatable bonds is 7. The SMILES string of the molecule is CC1(C)c2ccc(BOC(C)(C)C(C)(C)O)cc2-c2cc(-c3cccc(-c4nc5ccccc5n4-c4ccccc4)c3)ccc21. The minimum absolute atomic E-state index is 0.0999. The molecule has 7 rings (SSSR count). The molecule has 0 radical (unpaired) electrons. The zero-order valence-electron chi connectivity index (χ0n) is 26.9. The van der Waals surface area contributed by atoms with Crippen molar-refractivity contribution < 1.29 is 9.76 Å². The van der Waals surface area contributed by atoms with Crippen LogP contribution in [0.4, 0.5) is 0 Å². The van der Waals surface area contributed by atoms with Gasteiger partial charge in [0.2, 0.25) is 0 Å². The van der Waals surface area contributed by atoms with E-state index in [1.807, 2.05) is 26.0 Å². The quantitative estimate of drug-likeness (QED) is 0.191. The number of benzene rings is 5. The third kappa shape index (κ3) is 5.01. The van der Waals surface area contributed by atoms with Crippen LogP contribution < -0.4 is 5.46 Å². The molecule has 0 fully saturated rings. The van der Waals surface area contributed by atoms with Gasteiger partial charge in [-0.25, -0.2) is 4.98 Å². The van der Waals surface area contributed by atoms with Gasteiger partial charge < -0.3 is 9.76 Å². The Morgan fingerprint density at radius 1 is 0.689 bits per heavy atom. The molecule has 0 aliphatic heterocycles. The fourth-order valence-corrected chi connectivity index (χ4v) is 6.42. The molecule has 0 saturated carbocycles. The van der Waals surface area contributed by atoms with Crippen molar-refractivity contribution in [3.8, 4) is 39.3 Å². The lowest BCUT2D eigenvalue weighted by atomic mass is 9.79. The highest BCUT2D eigenvalue weighted by molar-refractivity contribution is 6.47. The minimum atomic E-state index is -0.952. The van der Waals surface area contributed by atoms with E-state index in [2.05, 4.69) is 122 Å². The molecule has 1 heterocycles. The number of nitrogens with zero attached hydrogens (tertiary/aromatic N) is 2. The molecule has 0 unspecified atom stereocenters. The third-order valence-corrected chi connectivity index (χ3v) is 9.84. The molecule has 0 bridgehead atoms. The van der Waals surface area contributed by atoms with Gasteiger partial charge in [0.25, 0.3) is 0 Å². The van der Waals surface area contributed by atoms with Gasteiger partial charge in [-0.1, -0.05) is 98.2 Å². The first-order chi connectivity index (χ1) is 21.4. The number of imidazole rings is 1. The normalized spacial score (nSPS) is 13.9. The molecule has 1 aliphatic carbocycles. The van der Waals surface area contributed by atoms with E-state index in [0.717, 1.165) is 39.1 Å². The Morgan fingerprint density at radius 2 is 1.33 bits per heavy atom. The average Bonchev–Trinajstić information content (AvgIpc) is 3.53. The summed E-state index contributed by atoms with van der Waals surface area (Å²) >= 11 is 0. The van der Waals surface area contributed by atoms with Crippen molar-refractivity contribution in [3.63, 3.8) is 0 Å². The highest BCUT2D eigenvalue weighted by atomic mass is 16.5. The highest BCUT2D eigenvalue weighted by Crippen LogP contribution is 2.49. The molecule has 0 atom stereocenters. The maximum absolute atomic E-state index is 10.6. The molecular formula is C40H39BN2O2. The number of aliphatic hydroxyl groups is 1. The Balaban J connectivity index is 1.28. The van der Waals surface area contributed by atoms with Gasteiger partial charge in [-0.3, -0.25) is 4.57 Å². The number of hydrogen-bond acceptors (Lipinski definition) is 3. The van der Waals surface area contributed by atoms with E-state index in [0.29, 0.717) is 7.48 Å². The summed E-state index contributed by atoms with van der Waals surface area (Å²) in [7, 11) is 0.435.